The zero-order chi connectivity index (χ0) is 22.7. The predicted octanol–water partition coefficient (Wildman–Crippen LogP) is 1.81. The van der Waals surface area contributed by atoms with Crippen LogP contribution < -0.4 is 15.1 Å². The molecule has 3 heterocycles. The molecule has 1 fully saturated rings. The number of piperazine rings is 1. The molecular formula is C20H19F2N7O2S. The molecule has 0 radical (unpaired) electrons. The second kappa shape index (κ2) is 9.22. The Bertz CT molecular complexity index is 1120. The third-order valence-corrected chi connectivity index (χ3v) is 5.18. The number of carbonyl (C=O) groups is 1. The first-order valence-corrected chi connectivity index (χ1v) is 10.1. The molecule has 0 atom stereocenters. The Kier molecular flexibility index (Phi) is 6.21. The van der Waals surface area contributed by atoms with E-state index >= 15 is 0 Å². The first kappa shape index (κ1) is 21.6. The molecule has 4 rings (SSSR count). The van der Waals surface area contributed by atoms with Crippen molar-refractivity contribution in [2.24, 2.45) is 0 Å². The number of rotatable bonds is 5. The van der Waals surface area contributed by atoms with Crippen molar-refractivity contribution in [3.8, 4) is 5.69 Å². The van der Waals surface area contributed by atoms with Crippen molar-refractivity contribution in [3.63, 3.8) is 0 Å². The van der Waals surface area contributed by atoms with E-state index in [0.29, 0.717) is 11.5 Å². The highest BCUT2D eigenvalue weighted by atomic mass is 32.1. The SMILES string of the molecule is COC(=S)NCc1cn(-c2cc(F)c(N3CCN(c4ccccn4)C(=O)C3)c(F)c2)nn1. The number of nitrogens with zero attached hydrogens (tertiary/aromatic N) is 6. The van der Waals surface area contributed by atoms with Crippen molar-refractivity contribution in [1.29, 1.82) is 0 Å². The molecule has 1 aliphatic heterocycles. The van der Waals surface area contributed by atoms with Gasteiger partial charge in [0.2, 0.25) is 5.91 Å². The largest absolute Gasteiger partial charge is 0.474 e. The van der Waals surface area contributed by atoms with E-state index in [1.54, 1.807) is 24.4 Å². The van der Waals surface area contributed by atoms with Crippen LogP contribution in [0.15, 0.2) is 42.7 Å². The third kappa shape index (κ3) is 4.49. The van der Waals surface area contributed by atoms with Crippen LogP contribution in [-0.2, 0) is 16.1 Å². The molecule has 1 amide bonds. The van der Waals surface area contributed by atoms with Gasteiger partial charge in [0.25, 0.3) is 5.17 Å². The molecule has 32 heavy (non-hydrogen) atoms. The van der Waals surface area contributed by atoms with E-state index in [1.807, 2.05) is 0 Å². The summed E-state index contributed by atoms with van der Waals surface area (Å²) in [6, 6.07) is 7.55. The number of aromatic nitrogens is 4. The molecule has 0 spiro atoms. The van der Waals surface area contributed by atoms with Crippen molar-refractivity contribution in [2.75, 3.05) is 36.5 Å². The second-order valence-corrected chi connectivity index (χ2v) is 7.28. The molecule has 1 N–H and O–H groups in total. The van der Waals surface area contributed by atoms with Gasteiger partial charge < -0.3 is 15.0 Å². The number of amides is 1. The molecule has 0 aliphatic carbocycles. The summed E-state index contributed by atoms with van der Waals surface area (Å²) in [5.41, 5.74) is 0.413. The van der Waals surface area contributed by atoms with Crippen LogP contribution in [0.4, 0.5) is 20.3 Å². The van der Waals surface area contributed by atoms with Gasteiger partial charge in [-0.1, -0.05) is 11.3 Å². The summed E-state index contributed by atoms with van der Waals surface area (Å²) in [6.07, 6.45) is 3.11. The number of hydrogen-bond donors (Lipinski definition) is 1. The maximum absolute atomic E-state index is 14.9. The molecule has 12 heteroatoms. The lowest BCUT2D eigenvalue weighted by Crippen LogP contribution is -2.51. The lowest BCUT2D eigenvalue weighted by molar-refractivity contribution is -0.118. The molecule has 9 nitrogen and oxygen atoms in total. The fraction of sp³-hybridized carbons (Fsp3) is 0.250. The van der Waals surface area contributed by atoms with Crippen LogP contribution >= 0.6 is 12.2 Å². The standard InChI is InChI=1S/C20H19F2N7O2S/c1-31-20(32)24-10-13-11-29(26-25-13)14-8-15(21)19(16(22)9-14)27-6-7-28(18(30)12-27)17-4-2-3-5-23-17/h2-5,8-9,11H,6-7,10,12H2,1H3,(H,24,32). The van der Waals surface area contributed by atoms with Gasteiger partial charge in [0, 0.05) is 31.4 Å². The summed E-state index contributed by atoms with van der Waals surface area (Å²) in [7, 11) is 1.44. The number of nitrogens with one attached hydrogen (secondary N) is 1. The Balaban J connectivity index is 1.50. The van der Waals surface area contributed by atoms with Crippen molar-refractivity contribution < 1.29 is 18.3 Å². The fourth-order valence-corrected chi connectivity index (χ4v) is 3.42. The van der Waals surface area contributed by atoms with E-state index in [9.17, 15) is 13.6 Å². The van der Waals surface area contributed by atoms with Crippen molar-refractivity contribution in [2.45, 2.75) is 6.54 Å². The van der Waals surface area contributed by atoms with E-state index < -0.39 is 11.6 Å². The Morgan fingerprint density at radius 2 is 2.03 bits per heavy atom. The van der Waals surface area contributed by atoms with Crippen LogP contribution in [0.1, 0.15) is 5.69 Å². The van der Waals surface area contributed by atoms with Crippen LogP contribution in [0.5, 0.6) is 0 Å². The average Bonchev–Trinajstić information content (AvgIpc) is 3.27. The minimum absolute atomic E-state index is 0.162. The van der Waals surface area contributed by atoms with Gasteiger partial charge in [-0.05, 0) is 24.4 Å². The Hall–Kier alpha value is -3.67. The van der Waals surface area contributed by atoms with Crippen LogP contribution in [0, 0.1) is 11.6 Å². The summed E-state index contributed by atoms with van der Waals surface area (Å²) in [6.45, 7) is 0.605. The van der Waals surface area contributed by atoms with Gasteiger partial charge in [0.1, 0.15) is 17.2 Å². The molecule has 166 valence electrons. The molecule has 1 saturated heterocycles. The second-order valence-electron chi connectivity index (χ2n) is 6.91. The predicted molar refractivity (Wildman–Crippen MR) is 117 cm³/mol. The van der Waals surface area contributed by atoms with Gasteiger partial charge in [0.05, 0.1) is 32.1 Å². The highest BCUT2D eigenvalue weighted by Crippen LogP contribution is 2.28. The summed E-state index contributed by atoms with van der Waals surface area (Å²) in [4.78, 5) is 19.6. The van der Waals surface area contributed by atoms with Gasteiger partial charge in [-0.25, -0.2) is 18.4 Å². The number of methoxy groups -OCH3 is 1. The third-order valence-electron chi connectivity index (χ3n) is 4.87. The van der Waals surface area contributed by atoms with Crippen molar-refractivity contribution >= 4 is 34.8 Å². The lowest BCUT2D eigenvalue weighted by Gasteiger charge is -2.35. The summed E-state index contributed by atoms with van der Waals surface area (Å²) in [5, 5.41) is 10.8. The highest BCUT2D eigenvalue weighted by molar-refractivity contribution is 7.80. The number of benzene rings is 1. The van der Waals surface area contributed by atoms with Gasteiger partial charge in [0.15, 0.2) is 11.6 Å². The number of carbonyl (C=O) groups excluding carboxylic acids is 1. The number of pyridine rings is 1. The van der Waals surface area contributed by atoms with Gasteiger partial charge in [-0.2, -0.15) is 0 Å². The topological polar surface area (TPSA) is 88.4 Å². The summed E-state index contributed by atoms with van der Waals surface area (Å²) >= 11 is 4.89. The molecular weight excluding hydrogens is 440 g/mol. The van der Waals surface area contributed by atoms with Crippen LogP contribution in [0.3, 0.4) is 0 Å². The lowest BCUT2D eigenvalue weighted by atomic mass is 10.2. The highest BCUT2D eigenvalue weighted by Gasteiger charge is 2.29. The van der Waals surface area contributed by atoms with E-state index in [1.165, 1.54) is 27.8 Å². The van der Waals surface area contributed by atoms with E-state index in [0.717, 1.165) is 12.1 Å². The number of anilines is 2. The van der Waals surface area contributed by atoms with Crippen LogP contribution in [0.25, 0.3) is 5.69 Å². The van der Waals surface area contributed by atoms with E-state index in [4.69, 9.17) is 17.0 Å². The fourth-order valence-electron chi connectivity index (χ4n) is 3.35. The molecule has 3 aromatic rings. The summed E-state index contributed by atoms with van der Waals surface area (Å²) in [5.74, 6) is -1.37. The minimum Gasteiger partial charge on any atom is -0.474 e. The zero-order valence-electron chi connectivity index (χ0n) is 17.0. The molecule has 0 saturated carbocycles. The van der Waals surface area contributed by atoms with Gasteiger partial charge in [-0.3, -0.25) is 9.69 Å². The molecule has 1 aliphatic rings. The Morgan fingerprint density at radius 1 is 1.25 bits per heavy atom. The van der Waals surface area contributed by atoms with Crippen molar-refractivity contribution in [1.82, 2.24) is 25.3 Å². The molecule has 1 aromatic carbocycles. The zero-order valence-corrected chi connectivity index (χ0v) is 17.9. The van der Waals surface area contributed by atoms with Crippen molar-refractivity contribution in [3.05, 3.63) is 60.1 Å². The first-order chi connectivity index (χ1) is 15.5. The number of ether oxygens (including phenoxy) is 1. The maximum atomic E-state index is 14.9. The van der Waals surface area contributed by atoms with Crippen LogP contribution in [-0.4, -0.2) is 57.8 Å². The normalized spacial score (nSPS) is 13.9. The molecule has 0 unspecified atom stereocenters. The quantitative estimate of drug-likeness (QED) is 0.578. The number of halogens is 2. The Morgan fingerprint density at radius 3 is 2.69 bits per heavy atom. The maximum Gasteiger partial charge on any atom is 0.256 e. The van der Waals surface area contributed by atoms with E-state index in [-0.39, 0.29) is 48.6 Å². The Labute approximate surface area is 187 Å². The van der Waals surface area contributed by atoms with Gasteiger partial charge >= 0.3 is 0 Å². The number of hydrogen-bond acceptors (Lipinski definition) is 7. The van der Waals surface area contributed by atoms with Gasteiger partial charge in [-0.15, -0.1) is 5.10 Å². The van der Waals surface area contributed by atoms with Crippen LogP contribution in [0.2, 0.25) is 0 Å². The smallest absolute Gasteiger partial charge is 0.256 e. The van der Waals surface area contributed by atoms with E-state index in [2.05, 4.69) is 20.6 Å². The average molecular weight is 459 g/mol. The number of thiocarbonyl (C=S) groups is 1. The first-order valence-electron chi connectivity index (χ1n) is 9.65. The molecule has 0 bridgehead atoms. The molecule has 2 aromatic heterocycles. The minimum atomic E-state index is -0.796. The summed E-state index contributed by atoms with van der Waals surface area (Å²) < 4.78 is 35.9. The monoisotopic (exact) mass is 459 g/mol.